The summed E-state index contributed by atoms with van der Waals surface area (Å²) in [7, 11) is 9.90. The van der Waals surface area contributed by atoms with Crippen molar-refractivity contribution in [1.29, 1.82) is 0 Å². The molecule has 0 aromatic heterocycles. The largest absolute Gasteiger partial charge is 0.493 e. The Hall–Kier alpha value is -8.17. The van der Waals surface area contributed by atoms with Gasteiger partial charge in [0.1, 0.15) is 33.2 Å². The molecular formula is C51H39O13P. The molecule has 3 aliphatic heterocycles. The number of ether oxygens (including phenoxy) is 12. The van der Waals surface area contributed by atoms with E-state index in [1.165, 1.54) is 64.0 Å². The first-order valence-corrected chi connectivity index (χ1v) is 21.5. The monoisotopic (exact) mass is 890 g/mol. The van der Waals surface area contributed by atoms with Crippen molar-refractivity contribution in [3.8, 4) is 122 Å². The summed E-state index contributed by atoms with van der Waals surface area (Å²) in [6.07, 6.45) is 0. The van der Waals surface area contributed by atoms with Gasteiger partial charge in [-0.3, -0.25) is 0 Å². The lowest BCUT2D eigenvalue weighted by Crippen LogP contribution is -2.39. The third-order valence-electron chi connectivity index (χ3n) is 10.9. The molecule has 0 bridgehead atoms. The Morgan fingerprint density at radius 1 is 0.354 bits per heavy atom. The van der Waals surface area contributed by atoms with Gasteiger partial charge in [-0.25, -0.2) is 0 Å². The van der Waals surface area contributed by atoms with Crippen LogP contribution in [-0.4, -0.2) is 64.0 Å². The second kappa shape index (κ2) is 16.8. The Balaban J connectivity index is 1.23. The fourth-order valence-corrected chi connectivity index (χ4v) is 11.3. The van der Waals surface area contributed by atoms with Gasteiger partial charge in [0.25, 0.3) is 0 Å². The van der Waals surface area contributed by atoms with Crippen molar-refractivity contribution in [1.82, 2.24) is 0 Å². The molecule has 14 heteroatoms. The highest BCUT2D eigenvalue weighted by atomic mass is 31.2. The maximum absolute atomic E-state index is 16.7. The van der Waals surface area contributed by atoms with Gasteiger partial charge in [0, 0.05) is 16.7 Å². The summed E-state index contributed by atoms with van der Waals surface area (Å²) >= 11 is 0. The molecule has 6 aromatic rings. The molecule has 9 rings (SSSR count). The van der Waals surface area contributed by atoms with E-state index in [-0.39, 0.29) is 17.2 Å². The maximum Gasteiger partial charge on any atom is 0.203 e. The normalized spacial score (nSPS) is 12.3. The molecule has 0 fully saturated rings. The molecule has 0 saturated heterocycles. The van der Waals surface area contributed by atoms with Crippen molar-refractivity contribution in [2.75, 3.05) is 64.0 Å². The van der Waals surface area contributed by atoms with E-state index in [1.807, 2.05) is 0 Å². The Kier molecular flexibility index (Phi) is 10.9. The van der Waals surface area contributed by atoms with Gasteiger partial charge in [0.2, 0.25) is 17.2 Å². The minimum absolute atomic E-state index is 0.285. The SMILES string of the molecule is COc1cc(C#Cc2ccc3c4c2Oc2ccc(C#Cc5cc(OC)c(OC)c(OC)c5)c5c2P4(=O)c2c(ccc(C#Cc4cc(OC)c(OC)c(OC)c4)c2O3)O5)cc(OC)c1OC. The molecule has 0 amide bonds. The van der Waals surface area contributed by atoms with E-state index < -0.39 is 7.14 Å². The molecule has 3 aliphatic rings. The van der Waals surface area contributed by atoms with E-state index in [0.29, 0.717) is 118 Å². The fourth-order valence-electron chi connectivity index (χ4n) is 7.95. The second-order valence-corrected chi connectivity index (χ2v) is 16.8. The van der Waals surface area contributed by atoms with Crippen LogP contribution in [0, 0.1) is 35.5 Å². The molecule has 0 spiro atoms. The Morgan fingerprint density at radius 3 is 0.815 bits per heavy atom. The summed E-state index contributed by atoms with van der Waals surface area (Å²) in [5.41, 5.74) is 3.12. The number of rotatable bonds is 9. The van der Waals surface area contributed by atoms with Crippen LogP contribution in [0.1, 0.15) is 33.4 Å². The molecule has 6 aromatic carbocycles. The van der Waals surface area contributed by atoms with Crippen molar-refractivity contribution < 1.29 is 61.4 Å². The predicted octanol–water partition coefficient (Wildman–Crippen LogP) is 7.92. The first-order chi connectivity index (χ1) is 31.7. The van der Waals surface area contributed by atoms with Gasteiger partial charge in [0.15, 0.2) is 58.9 Å². The molecule has 65 heavy (non-hydrogen) atoms. The van der Waals surface area contributed by atoms with Gasteiger partial charge in [-0.2, -0.15) is 0 Å². The lowest BCUT2D eigenvalue weighted by Gasteiger charge is -2.39. The Bertz CT molecular complexity index is 2810. The fraction of sp³-hybridized carbons (Fsp3) is 0.176. The summed E-state index contributed by atoms with van der Waals surface area (Å²) in [5.74, 6) is 25.1. The predicted molar refractivity (Wildman–Crippen MR) is 242 cm³/mol. The summed E-state index contributed by atoms with van der Waals surface area (Å²) < 4.78 is 86.7. The van der Waals surface area contributed by atoms with Crippen LogP contribution in [0.15, 0.2) is 72.8 Å². The third-order valence-corrected chi connectivity index (χ3v) is 14.0. The van der Waals surface area contributed by atoms with Gasteiger partial charge in [-0.1, -0.05) is 35.5 Å². The maximum atomic E-state index is 16.7. The van der Waals surface area contributed by atoms with Gasteiger partial charge in [0.05, 0.1) is 80.7 Å². The molecule has 326 valence electrons. The second-order valence-electron chi connectivity index (χ2n) is 14.3. The van der Waals surface area contributed by atoms with E-state index >= 15 is 4.57 Å². The molecule has 0 saturated carbocycles. The molecule has 0 radical (unpaired) electrons. The molecule has 0 aliphatic carbocycles. The minimum atomic E-state index is -3.91. The molecule has 0 N–H and O–H groups in total. The smallest absolute Gasteiger partial charge is 0.203 e. The number of benzene rings is 6. The van der Waals surface area contributed by atoms with Crippen LogP contribution >= 0.6 is 7.14 Å². The van der Waals surface area contributed by atoms with Crippen molar-refractivity contribution in [3.63, 3.8) is 0 Å². The van der Waals surface area contributed by atoms with E-state index in [9.17, 15) is 0 Å². The zero-order valence-corrected chi connectivity index (χ0v) is 37.6. The Labute approximate surface area is 375 Å². The van der Waals surface area contributed by atoms with Gasteiger partial charge in [-0.15, -0.1) is 0 Å². The first-order valence-electron chi connectivity index (χ1n) is 19.8. The summed E-state index contributed by atoms with van der Waals surface area (Å²) in [6, 6.07) is 21.0. The summed E-state index contributed by atoms with van der Waals surface area (Å²) in [5, 5.41) is 1.01. The molecule has 0 unspecified atom stereocenters. The summed E-state index contributed by atoms with van der Waals surface area (Å²) in [6.45, 7) is 0. The van der Waals surface area contributed by atoms with E-state index in [2.05, 4.69) is 35.5 Å². The zero-order valence-electron chi connectivity index (χ0n) is 36.7. The topological polar surface area (TPSA) is 128 Å². The van der Waals surface area contributed by atoms with Gasteiger partial charge in [-0.05, 0) is 72.8 Å². The van der Waals surface area contributed by atoms with Crippen LogP contribution in [0.5, 0.6) is 86.2 Å². The summed E-state index contributed by atoms with van der Waals surface area (Å²) in [4.78, 5) is 0. The number of hydrogen-bond donors (Lipinski definition) is 0. The van der Waals surface area contributed by atoms with Gasteiger partial charge >= 0.3 is 0 Å². The van der Waals surface area contributed by atoms with Crippen LogP contribution in [0.2, 0.25) is 0 Å². The van der Waals surface area contributed by atoms with Crippen LogP contribution in [0.4, 0.5) is 0 Å². The van der Waals surface area contributed by atoms with E-state index in [4.69, 9.17) is 56.8 Å². The van der Waals surface area contributed by atoms with Crippen LogP contribution in [0.25, 0.3) is 0 Å². The van der Waals surface area contributed by atoms with E-state index in [0.717, 1.165) is 0 Å². The van der Waals surface area contributed by atoms with E-state index in [1.54, 1.807) is 72.8 Å². The zero-order chi connectivity index (χ0) is 45.6. The number of hydrogen-bond acceptors (Lipinski definition) is 13. The Morgan fingerprint density at radius 2 is 0.600 bits per heavy atom. The first kappa shape index (κ1) is 42.1. The van der Waals surface area contributed by atoms with Crippen molar-refractivity contribution >= 4 is 23.1 Å². The van der Waals surface area contributed by atoms with Gasteiger partial charge < -0.3 is 61.4 Å². The third kappa shape index (κ3) is 6.84. The van der Waals surface area contributed by atoms with Crippen LogP contribution in [-0.2, 0) is 4.57 Å². The van der Waals surface area contributed by atoms with Crippen molar-refractivity contribution in [2.45, 2.75) is 0 Å². The molecule has 3 heterocycles. The highest BCUT2D eigenvalue weighted by Gasteiger charge is 2.54. The quantitative estimate of drug-likeness (QED) is 0.103. The highest BCUT2D eigenvalue weighted by Crippen LogP contribution is 2.65. The highest BCUT2D eigenvalue weighted by molar-refractivity contribution is 7.86. The molecule has 0 atom stereocenters. The van der Waals surface area contributed by atoms with Crippen molar-refractivity contribution in [3.05, 3.63) is 106 Å². The average Bonchev–Trinajstić information content (AvgIpc) is 3.33. The molecule has 13 nitrogen and oxygen atoms in total. The van der Waals surface area contributed by atoms with Crippen molar-refractivity contribution in [2.24, 2.45) is 0 Å². The lowest BCUT2D eigenvalue weighted by atomic mass is 10.1. The minimum Gasteiger partial charge on any atom is -0.493 e. The number of methoxy groups -OCH3 is 9. The van der Waals surface area contributed by atoms with Crippen LogP contribution < -0.4 is 72.8 Å². The van der Waals surface area contributed by atoms with Crippen LogP contribution in [0.3, 0.4) is 0 Å². The average molecular weight is 891 g/mol. The molecular weight excluding hydrogens is 852 g/mol. The standard InChI is InChI=1S/C51H39O13P/c1-53-37-22-28(23-38(54-2)46(37)59-7)10-13-31-16-19-34-49-43(31)62-35-20-17-32(14-11-29-24-39(55-3)47(60-8)40(25-29)56-4)44-50(35)65(49,52)51-36(64-44)21-18-33(45(51)63-34)15-12-30-26-41(57-5)48(61-9)42(27-30)58-6/h16-27H,1-9H3. The lowest BCUT2D eigenvalue weighted by molar-refractivity contribution is 0.324.